The first-order valence-corrected chi connectivity index (χ1v) is 8.37. The lowest BCUT2D eigenvalue weighted by atomic mass is 9.85. The monoisotopic (exact) mass is 266 g/mol. The number of ether oxygens (including phenoxy) is 1. The predicted molar refractivity (Wildman–Crippen MR) is 78.4 cm³/mol. The molecule has 0 aromatic carbocycles. The zero-order chi connectivity index (χ0) is 13.1. The van der Waals surface area contributed by atoms with E-state index in [2.05, 4.69) is 17.3 Å². The summed E-state index contributed by atoms with van der Waals surface area (Å²) in [6.45, 7) is 3.30. The van der Waals surface area contributed by atoms with Gasteiger partial charge in [-0.2, -0.15) is 0 Å². The maximum Gasteiger partial charge on any atom is 0.0701 e. The van der Waals surface area contributed by atoms with Gasteiger partial charge in [0.1, 0.15) is 0 Å². The number of rotatable bonds is 4. The first kappa shape index (κ1) is 13.8. The largest absolute Gasteiger partial charge is 0.377 e. The number of nitrogens with zero attached hydrogens (tertiary/aromatic N) is 1. The van der Waals surface area contributed by atoms with E-state index in [9.17, 15) is 0 Å². The second kappa shape index (κ2) is 6.55. The predicted octanol–water partition coefficient (Wildman–Crippen LogP) is 2.41. The molecule has 2 aliphatic heterocycles. The van der Waals surface area contributed by atoms with Gasteiger partial charge >= 0.3 is 0 Å². The number of nitrogens with one attached hydrogen (secondary N) is 1. The highest BCUT2D eigenvalue weighted by atomic mass is 16.5. The van der Waals surface area contributed by atoms with Crippen LogP contribution >= 0.6 is 0 Å². The summed E-state index contributed by atoms with van der Waals surface area (Å²) < 4.78 is 5.85. The van der Waals surface area contributed by atoms with Crippen LogP contribution in [0, 0.1) is 5.92 Å². The maximum absolute atomic E-state index is 5.85. The van der Waals surface area contributed by atoms with Crippen LogP contribution < -0.4 is 5.32 Å². The third-order valence-electron chi connectivity index (χ3n) is 5.27. The van der Waals surface area contributed by atoms with E-state index >= 15 is 0 Å². The maximum atomic E-state index is 5.85. The van der Waals surface area contributed by atoms with Gasteiger partial charge in [-0.05, 0) is 51.5 Å². The van der Waals surface area contributed by atoms with E-state index in [1.54, 1.807) is 0 Å². The highest BCUT2D eigenvalue weighted by Gasteiger charge is 2.35. The molecule has 0 bridgehead atoms. The van der Waals surface area contributed by atoms with E-state index < -0.39 is 0 Å². The minimum absolute atomic E-state index is 0.488. The third-order valence-corrected chi connectivity index (χ3v) is 5.27. The van der Waals surface area contributed by atoms with Crippen LogP contribution in [0.5, 0.6) is 0 Å². The molecule has 0 amide bonds. The highest BCUT2D eigenvalue weighted by molar-refractivity contribution is 4.93. The van der Waals surface area contributed by atoms with Crippen LogP contribution in [0.25, 0.3) is 0 Å². The average Bonchev–Trinajstić information content (AvgIpc) is 2.81. The van der Waals surface area contributed by atoms with Gasteiger partial charge in [-0.25, -0.2) is 0 Å². The van der Waals surface area contributed by atoms with Crippen molar-refractivity contribution in [3.05, 3.63) is 0 Å². The van der Waals surface area contributed by atoms with E-state index in [0.29, 0.717) is 6.10 Å². The second-order valence-electron chi connectivity index (χ2n) is 6.96. The molecule has 1 aliphatic carbocycles. The van der Waals surface area contributed by atoms with E-state index in [0.717, 1.165) is 31.2 Å². The van der Waals surface area contributed by atoms with Crippen molar-refractivity contribution in [2.24, 2.45) is 5.92 Å². The van der Waals surface area contributed by atoms with Crippen LogP contribution in [0.2, 0.25) is 0 Å². The molecule has 3 aliphatic rings. The molecule has 1 saturated carbocycles. The number of likely N-dealkylation sites (N-methyl/N-ethyl adjacent to an activating group) is 1. The Morgan fingerprint density at radius 2 is 1.89 bits per heavy atom. The molecule has 0 spiro atoms. The van der Waals surface area contributed by atoms with Crippen LogP contribution in [-0.4, -0.2) is 49.8 Å². The molecule has 3 nitrogen and oxygen atoms in total. The topological polar surface area (TPSA) is 24.5 Å². The van der Waals surface area contributed by atoms with Gasteiger partial charge in [-0.15, -0.1) is 0 Å². The summed E-state index contributed by atoms with van der Waals surface area (Å²) in [6, 6.07) is 1.56. The first-order valence-electron chi connectivity index (χ1n) is 8.37. The molecule has 3 fully saturated rings. The zero-order valence-electron chi connectivity index (χ0n) is 12.4. The van der Waals surface area contributed by atoms with Crippen LogP contribution in [-0.2, 0) is 4.74 Å². The van der Waals surface area contributed by atoms with Crippen molar-refractivity contribution in [3.8, 4) is 0 Å². The summed E-state index contributed by atoms with van der Waals surface area (Å²) in [4.78, 5) is 2.49. The Morgan fingerprint density at radius 3 is 2.68 bits per heavy atom. The molecule has 3 heteroatoms. The van der Waals surface area contributed by atoms with Gasteiger partial charge in [0.2, 0.25) is 0 Å². The van der Waals surface area contributed by atoms with E-state index in [-0.39, 0.29) is 0 Å². The van der Waals surface area contributed by atoms with Gasteiger partial charge in [0.05, 0.1) is 6.10 Å². The molecule has 2 heterocycles. The molecule has 0 aromatic heterocycles. The Morgan fingerprint density at radius 1 is 1.05 bits per heavy atom. The highest BCUT2D eigenvalue weighted by Crippen LogP contribution is 2.33. The lowest BCUT2D eigenvalue weighted by Crippen LogP contribution is -2.42. The number of hydrogen-bond donors (Lipinski definition) is 1. The molecule has 2 saturated heterocycles. The molecule has 0 radical (unpaired) electrons. The summed E-state index contributed by atoms with van der Waals surface area (Å²) in [6.07, 6.45) is 11.5. The van der Waals surface area contributed by atoms with Crippen molar-refractivity contribution in [1.29, 1.82) is 0 Å². The van der Waals surface area contributed by atoms with Crippen LogP contribution in [0.3, 0.4) is 0 Å². The molecule has 110 valence electrons. The molecule has 3 rings (SSSR count). The van der Waals surface area contributed by atoms with Crippen molar-refractivity contribution >= 4 is 0 Å². The summed E-state index contributed by atoms with van der Waals surface area (Å²) >= 11 is 0. The Labute approximate surface area is 118 Å². The third kappa shape index (κ3) is 3.71. The lowest BCUT2D eigenvalue weighted by Gasteiger charge is -2.29. The fourth-order valence-electron chi connectivity index (χ4n) is 4.32. The number of fused-ring (bicyclic) bond motifs is 1. The summed E-state index contributed by atoms with van der Waals surface area (Å²) in [5.41, 5.74) is 0. The quantitative estimate of drug-likeness (QED) is 0.845. The van der Waals surface area contributed by atoms with Crippen molar-refractivity contribution < 1.29 is 4.74 Å². The first-order chi connectivity index (χ1) is 9.31. The standard InChI is InChI=1S/C16H30N2O/c1-18(12-15-7-4-5-9-19-15)11-14-10-13-6-2-3-8-16(13)17-14/h13-17H,2-12H2,1H3. The molecule has 19 heavy (non-hydrogen) atoms. The minimum atomic E-state index is 0.488. The van der Waals surface area contributed by atoms with E-state index in [1.807, 2.05) is 0 Å². The summed E-state index contributed by atoms with van der Waals surface area (Å²) in [5, 5.41) is 3.88. The Bertz CT molecular complexity index is 264. The van der Waals surface area contributed by atoms with E-state index in [4.69, 9.17) is 4.74 Å². The molecular formula is C16H30N2O. The molecule has 0 aromatic rings. The van der Waals surface area contributed by atoms with Crippen molar-refractivity contribution in [2.75, 3.05) is 26.7 Å². The van der Waals surface area contributed by atoms with Crippen LogP contribution in [0.4, 0.5) is 0 Å². The fourth-order valence-corrected chi connectivity index (χ4v) is 4.32. The lowest BCUT2D eigenvalue weighted by molar-refractivity contribution is -0.00241. The second-order valence-corrected chi connectivity index (χ2v) is 6.96. The Balaban J connectivity index is 1.41. The zero-order valence-corrected chi connectivity index (χ0v) is 12.4. The molecule has 4 unspecified atom stereocenters. The van der Waals surface area contributed by atoms with Gasteiger partial charge in [0, 0.05) is 31.8 Å². The molecule has 1 N–H and O–H groups in total. The van der Waals surface area contributed by atoms with Gasteiger partial charge < -0.3 is 15.0 Å². The molecular weight excluding hydrogens is 236 g/mol. The van der Waals surface area contributed by atoms with Crippen molar-refractivity contribution in [2.45, 2.75) is 69.6 Å². The van der Waals surface area contributed by atoms with Crippen molar-refractivity contribution in [1.82, 2.24) is 10.2 Å². The fraction of sp³-hybridized carbons (Fsp3) is 1.00. The Kier molecular flexibility index (Phi) is 4.78. The average molecular weight is 266 g/mol. The smallest absolute Gasteiger partial charge is 0.0701 e. The molecule has 4 atom stereocenters. The van der Waals surface area contributed by atoms with Gasteiger partial charge in [0.15, 0.2) is 0 Å². The van der Waals surface area contributed by atoms with Crippen LogP contribution in [0.1, 0.15) is 51.4 Å². The SMILES string of the molecule is CN(CC1CC2CCCCC2N1)CC1CCCCO1. The normalized spacial score (nSPS) is 39.5. The van der Waals surface area contributed by atoms with Crippen LogP contribution in [0.15, 0.2) is 0 Å². The summed E-state index contributed by atoms with van der Waals surface area (Å²) in [5.74, 6) is 0.970. The van der Waals surface area contributed by atoms with Crippen molar-refractivity contribution in [3.63, 3.8) is 0 Å². The van der Waals surface area contributed by atoms with Gasteiger partial charge in [-0.1, -0.05) is 12.8 Å². The minimum Gasteiger partial charge on any atom is -0.377 e. The summed E-state index contributed by atoms with van der Waals surface area (Å²) in [7, 11) is 2.27. The Hall–Kier alpha value is -0.120. The van der Waals surface area contributed by atoms with Gasteiger partial charge in [-0.3, -0.25) is 0 Å². The van der Waals surface area contributed by atoms with Gasteiger partial charge in [0.25, 0.3) is 0 Å². The van der Waals surface area contributed by atoms with E-state index in [1.165, 1.54) is 57.9 Å². The number of hydrogen-bond acceptors (Lipinski definition) is 3.